The number of benzene rings is 2. The van der Waals surface area contributed by atoms with Crippen LogP contribution in [0, 0.1) is 0 Å². The van der Waals surface area contributed by atoms with Gasteiger partial charge < -0.3 is 4.42 Å². The Morgan fingerprint density at radius 1 is 1.04 bits per heavy atom. The zero-order valence-electron chi connectivity index (χ0n) is 13.5. The molecule has 0 saturated heterocycles. The fourth-order valence-corrected chi connectivity index (χ4v) is 3.46. The zero-order valence-corrected chi connectivity index (χ0v) is 15.0. The maximum absolute atomic E-state index is 12.5. The Kier molecular flexibility index (Phi) is 4.36. The van der Waals surface area contributed by atoms with Crippen LogP contribution in [0.25, 0.3) is 11.5 Å². The molecule has 0 atom stereocenters. The third-order valence-electron chi connectivity index (χ3n) is 4.33. The summed E-state index contributed by atoms with van der Waals surface area (Å²) in [4.78, 5) is 12.5. The molecule has 2 aromatic carbocycles. The van der Waals surface area contributed by atoms with Crippen LogP contribution < -0.4 is 5.32 Å². The van der Waals surface area contributed by atoms with E-state index in [9.17, 15) is 4.79 Å². The summed E-state index contributed by atoms with van der Waals surface area (Å²) in [5.41, 5.74) is 4.01. The van der Waals surface area contributed by atoms with Gasteiger partial charge in [0.25, 0.3) is 5.91 Å². The smallest absolute Gasteiger partial charge is 0.322 e. The van der Waals surface area contributed by atoms with Crippen molar-refractivity contribution in [1.29, 1.82) is 0 Å². The quantitative estimate of drug-likeness (QED) is 0.699. The lowest BCUT2D eigenvalue weighted by Gasteiger charge is -2.16. The van der Waals surface area contributed by atoms with E-state index < -0.39 is 0 Å². The predicted molar refractivity (Wildman–Crippen MR) is 98.5 cm³/mol. The van der Waals surface area contributed by atoms with E-state index in [1.54, 1.807) is 0 Å². The summed E-state index contributed by atoms with van der Waals surface area (Å²) in [6.45, 7) is 0. The molecular formula is C19H16BrN3O2. The molecule has 0 unspecified atom stereocenters. The lowest BCUT2D eigenvalue weighted by atomic mass is 9.90. The van der Waals surface area contributed by atoms with Gasteiger partial charge in [0.05, 0.1) is 0 Å². The molecule has 1 aromatic heterocycles. The largest absolute Gasteiger partial charge is 0.403 e. The van der Waals surface area contributed by atoms with Crippen LogP contribution in [-0.4, -0.2) is 16.1 Å². The Hall–Kier alpha value is -2.47. The van der Waals surface area contributed by atoms with Gasteiger partial charge in [0.1, 0.15) is 0 Å². The second-order valence-corrected chi connectivity index (χ2v) is 6.98. The lowest BCUT2D eigenvalue weighted by molar-refractivity contribution is 0.102. The highest BCUT2D eigenvalue weighted by atomic mass is 79.9. The van der Waals surface area contributed by atoms with Crippen molar-refractivity contribution in [3.05, 3.63) is 63.6 Å². The molecule has 4 rings (SSSR count). The van der Waals surface area contributed by atoms with E-state index in [-0.39, 0.29) is 11.9 Å². The second-order valence-electron chi connectivity index (χ2n) is 6.07. The van der Waals surface area contributed by atoms with Crippen LogP contribution in [0.3, 0.4) is 0 Å². The molecule has 0 bridgehead atoms. The maximum atomic E-state index is 12.5. The van der Waals surface area contributed by atoms with Gasteiger partial charge in [-0.2, -0.15) is 0 Å². The first-order valence-corrected chi connectivity index (χ1v) is 9.01. The predicted octanol–water partition coefficient (Wildman–Crippen LogP) is 4.63. The van der Waals surface area contributed by atoms with Gasteiger partial charge in [0.2, 0.25) is 5.89 Å². The zero-order chi connectivity index (χ0) is 17.2. The highest BCUT2D eigenvalue weighted by Crippen LogP contribution is 2.24. The van der Waals surface area contributed by atoms with Crippen LogP contribution >= 0.6 is 15.9 Å². The number of fused-ring (bicyclic) bond motifs is 1. The molecule has 0 aliphatic heterocycles. The van der Waals surface area contributed by atoms with Gasteiger partial charge in [-0.15, -0.1) is 5.10 Å². The minimum absolute atomic E-state index is 0.0951. The van der Waals surface area contributed by atoms with Crippen molar-refractivity contribution in [2.75, 3.05) is 5.32 Å². The van der Waals surface area contributed by atoms with Crippen molar-refractivity contribution in [3.63, 3.8) is 0 Å². The third-order valence-corrected chi connectivity index (χ3v) is 4.82. The van der Waals surface area contributed by atoms with Gasteiger partial charge in [-0.25, -0.2) is 0 Å². The Labute approximate surface area is 153 Å². The number of hydrogen-bond acceptors (Lipinski definition) is 4. The van der Waals surface area contributed by atoms with Crippen molar-refractivity contribution in [1.82, 2.24) is 10.2 Å². The summed E-state index contributed by atoms with van der Waals surface area (Å²) >= 11 is 3.41. The average molecular weight is 398 g/mol. The Balaban J connectivity index is 1.52. The van der Waals surface area contributed by atoms with Gasteiger partial charge in [0.15, 0.2) is 0 Å². The van der Waals surface area contributed by atoms with Gasteiger partial charge in [-0.05, 0) is 67.1 Å². The van der Waals surface area contributed by atoms with Gasteiger partial charge in [-0.1, -0.05) is 33.2 Å². The molecule has 126 valence electrons. The number of nitrogens with one attached hydrogen (secondary N) is 1. The first-order chi connectivity index (χ1) is 12.2. The summed E-state index contributed by atoms with van der Waals surface area (Å²) in [6.07, 6.45) is 4.53. The fourth-order valence-electron chi connectivity index (χ4n) is 3.06. The Morgan fingerprint density at radius 3 is 2.72 bits per heavy atom. The number of rotatable bonds is 3. The van der Waals surface area contributed by atoms with E-state index in [1.165, 1.54) is 24.0 Å². The number of nitrogens with zero attached hydrogens (tertiary/aromatic N) is 2. The SMILES string of the molecule is O=C(Nc1nnc(-c2cccc(Br)c2)o1)c1ccc2c(c1)CCCC2. The van der Waals surface area contributed by atoms with Crippen molar-refractivity contribution < 1.29 is 9.21 Å². The number of halogens is 1. The highest BCUT2D eigenvalue weighted by Gasteiger charge is 2.16. The molecule has 25 heavy (non-hydrogen) atoms. The van der Waals surface area contributed by atoms with Gasteiger partial charge in [0, 0.05) is 15.6 Å². The molecule has 1 N–H and O–H groups in total. The number of carbonyl (C=O) groups excluding carboxylic acids is 1. The molecule has 3 aromatic rings. The van der Waals surface area contributed by atoms with Crippen molar-refractivity contribution >= 4 is 27.9 Å². The first-order valence-electron chi connectivity index (χ1n) is 8.22. The maximum Gasteiger partial charge on any atom is 0.322 e. The lowest BCUT2D eigenvalue weighted by Crippen LogP contribution is -2.13. The minimum atomic E-state index is -0.238. The number of carbonyl (C=O) groups is 1. The number of hydrogen-bond donors (Lipinski definition) is 1. The van der Waals surface area contributed by atoms with E-state index in [1.807, 2.05) is 42.5 Å². The second kappa shape index (κ2) is 6.80. The fraction of sp³-hybridized carbons (Fsp3) is 0.211. The normalized spacial score (nSPS) is 13.3. The van der Waals surface area contributed by atoms with Crippen LogP contribution in [-0.2, 0) is 12.8 Å². The molecule has 0 spiro atoms. The highest BCUT2D eigenvalue weighted by molar-refractivity contribution is 9.10. The average Bonchev–Trinajstić information content (AvgIpc) is 3.10. The van der Waals surface area contributed by atoms with Crippen molar-refractivity contribution in [2.24, 2.45) is 0 Å². The molecule has 6 heteroatoms. The summed E-state index contributed by atoms with van der Waals surface area (Å²) in [5, 5.41) is 10.6. The van der Waals surface area contributed by atoms with E-state index >= 15 is 0 Å². The first kappa shape index (κ1) is 16.0. The van der Waals surface area contributed by atoms with E-state index in [4.69, 9.17) is 4.42 Å². The van der Waals surface area contributed by atoms with Crippen molar-refractivity contribution in [2.45, 2.75) is 25.7 Å². The Bertz CT molecular complexity index is 936. The molecule has 1 aliphatic carbocycles. The Morgan fingerprint density at radius 2 is 1.88 bits per heavy atom. The number of amides is 1. The third kappa shape index (κ3) is 3.49. The van der Waals surface area contributed by atoms with Crippen LogP contribution in [0.1, 0.15) is 34.3 Å². The monoisotopic (exact) mass is 397 g/mol. The van der Waals surface area contributed by atoms with E-state index in [2.05, 4.69) is 31.4 Å². The topological polar surface area (TPSA) is 68.0 Å². The molecule has 1 heterocycles. The van der Waals surface area contributed by atoms with Crippen LogP contribution in [0.5, 0.6) is 0 Å². The molecule has 0 saturated carbocycles. The van der Waals surface area contributed by atoms with Crippen LogP contribution in [0.15, 0.2) is 51.4 Å². The van der Waals surface area contributed by atoms with E-state index in [0.717, 1.165) is 22.9 Å². The van der Waals surface area contributed by atoms with Crippen LogP contribution in [0.2, 0.25) is 0 Å². The van der Waals surface area contributed by atoms with Crippen molar-refractivity contribution in [3.8, 4) is 11.5 Å². The van der Waals surface area contributed by atoms with Crippen LogP contribution in [0.4, 0.5) is 6.01 Å². The van der Waals surface area contributed by atoms with Gasteiger partial charge >= 0.3 is 6.01 Å². The molecule has 5 nitrogen and oxygen atoms in total. The van der Waals surface area contributed by atoms with Gasteiger partial charge in [-0.3, -0.25) is 10.1 Å². The molecule has 0 radical (unpaired) electrons. The molecule has 1 aliphatic rings. The molecular weight excluding hydrogens is 382 g/mol. The number of aryl methyl sites for hydroxylation is 2. The molecule has 1 amide bonds. The number of anilines is 1. The minimum Gasteiger partial charge on any atom is -0.403 e. The number of aromatic nitrogens is 2. The van der Waals surface area contributed by atoms with E-state index in [0.29, 0.717) is 11.5 Å². The standard InChI is InChI=1S/C19H16BrN3O2/c20-16-7-3-6-15(11-16)18-22-23-19(25-18)21-17(24)14-9-8-12-4-1-2-5-13(12)10-14/h3,6-11H,1-2,4-5H2,(H,21,23,24). The summed E-state index contributed by atoms with van der Waals surface area (Å²) in [7, 11) is 0. The molecule has 0 fully saturated rings. The summed E-state index contributed by atoms with van der Waals surface area (Å²) in [5.74, 6) is 0.125. The summed E-state index contributed by atoms with van der Waals surface area (Å²) in [6, 6.07) is 13.5. The summed E-state index contributed by atoms with van der Waals surface area (Å²) < 4.78 is 6.47.